The molecule has 0 aliphatic carbocycles. The van der Waals surface area contributed by atoms with Crippen LogP contribution < -0.4 is 4.74 Å². The third-order valence-corrected chi connectivity index (χ3v) is 2.60. The van der Waals surface area contributed by atoms with Crippen LogP contribution in [0.25, 0.3) is 0 Å². The van der Waals surface area contributed by atoms with Crippen LogP contribution in [0.15, 0.2) is 18.2 Å². The van der Waals surface area contributed by atoms with Crippen LogP contribution in [0.3, 0.4) is 0 Å². The summed E-state index contributed by atoms with van der Waals surface area (Å²) >= 11 is 0. The summed E-state index contributed by atoms with van der Waals surface area (Å²) in [6, 6.07) is 3.81. The number of carboxylic acid groups (broad SMARTS) is 1. The molecule has 6 heteroatoms. The van der Waals surface area contributed by atoms with Gasteiger partial charge in [-0.1, -0.05) is 13.8 Å². The average molecular weight is 283 g/mol. The summed E-state index contributed by atoms with van der Waals surface area (Å²) < 4.78 is 18.4. The molecule has 20 heavy (non-hydrogen) atoms. The third-order valence-electron chi connectivity index (χ3n) is 2.60. The number of halogens is 1. The van der Waals surface area contributed by atoms with Crippen LogP contribution in [-0.4, -0.2) is 42.1 Å². The van der Waals surface area contributed by atoms with Gasteiger partial charge in [-0.25, -0.2) is 4.39 Å². The predicted octanol–water partition coefficient (Wildman–Crippen LogP) is 2.02. The second-order valence-corrected chi connectivity index (χ2v) is 4.82. The number of amides is 1. The Morgan fingerprint density at radius 2 is 2.05 bits per heavy atom. The minimum Gasteiger partial charge on any atom is -0.494 e. The van der Waals surface area contributed by atoms with Crippen molar-refractivity contribution < 1.29 is 23.8 Å². The van der Waals surface area contributed by atoms with Gasteiger partial charge >= 0.3 is 5.97 Å². The van der Waals surface area contributed by atoms with E-state index in [9.17, 15) is 14.0 Å². The number of benzene rings is 1. The van der Waals surface area contributed by atoms with Gasteiger partial charge in [-0.2, -0.15) is 0 Å². The topological polar surface area (TPSA) is 66.8 Å². The summed E-state index contributed by atoms with van der Waals surface area (Å²) in [5.74, 6) is -2.12. The van der Waals surface area contributed by atoms with Crippen molar-refractivity contribution in [2.24, 2.45) is 5.92 Å². The van der Waals surface area contributed by atoms with Crippen molar-refractivity contribution in [3.63, 3.8) is 0 Å². The number of ether oxygens (including phenoxy) is 1. The van der Waals surface area contributed by atoms with Crippen LogP contribution >= 0.6 is 0 Å². The first-order valence-electron chi connectivity index (χ1n) is 6.19. The molecule has 1 aromatic carbocycles. The Morgan fingerprint density at radius 3 is 2.50 bits per heavy atom. The number of carbonyl (C=O) groups excluding carboxylic acids is 1. The first-order valence-corrected chi connectivity index (χ1v) is 6.19. The predicted molar refractivity (Wildman–Crippen MR) is 71.3 cm³/mol. The van der Waals surface area contributed by atoms with Crippen molar-refractivity contribution in [1.29, 1.82) is 0 Å². The van der Waals surface area contributed by atoms with Gasteiger partial charge in [0, 0.05) is 12.1 Å². The molecule has 1 aromatic rings. The second-order valence-electron chi connectivity index (χ2n) is 4.82. The van der Waals surface area contributed by atoms with Crippen LogP contribution in [0.1, 0.15) is 24.2 Å². The molecule has 0 spiro atoms. The third kappa shape index (κ3) is 4.22. The van der Waals surface area contributed by atoms with Gasteiger partial charge in [0.2, 0.25) is 0 Å². The molecule has 1 rings (SSSR count). The molecular formula is C14H18FNO4. The number of carboxylic acids is 1. The van der Waals surface area contributed by atoms with E-state index in [1.807, 2.05) is 13.8 Å². The normalized spacial score (nSPS) is 10.4. The zero-order valence-electron chi connectivity index (χ0n) is 11.7. The summed E-state index contributed by atoms with van der Waals surface area (Å²) in [4.78, 5) is 24.2. The highest BCUT2D eigenvalue weighted by molar-refractivity contribution is 5.96. The Kier molecular flexibility index (Phi) is 5.49. The zero-order valence-corrected chi connectivity index (χ0v) is 11.7. The SMILES string of the molecule is COc1ccc(C(=O)N(CC(=O)O)CC(C)C)cc1F. The molecule has 110 valence electrons. The van der Waals surface area contributed by atoms with Gasteiger partial charge in [0.1, 0.15) is 6.54 Å². The van der Waals surface area contributed by atoms with E-state index < -0.39 is 24.2 Å². The Bertz CT molecular complexity index is 502. The molecule has 0 aromatic heterocycles. The van der Waals surface area contributed by atoms with Gasteiger partial charge in [0.25, 0.3) is 5.91 Å². The van der Waals surface area contributed by atoms with Crippen LogP contribution in [0.4, 0.5) is 4.39 Å². The molecule has 0 unspecified atom stereocenters. The van der Waals surface area contributed by atoms with Crippen molar-refractivity contribution in [3.05, 3.63) is 29.6 Å². The molecule has 0 aliphatic heterocycles. The molecular weight excluding hydrogens is 265 g/mol. The summed E-state index contributed by atoms with van der Waals surface area (Å²) in [7, 11) is 1.33. The maximum atomic E-state index is 13.6. The zero-order chi connectivity index (χ0) is 15.3. The standard InChI is InChI=1S/C14H18FNO4/c1-9(2)7-16(8-13(17)18)14(19)10-4-5-12(20-3)11(15)6-10/h4-6,9H,7-8H2,1-3H3,(H,17,18). The monoisotopic (exact) mass is 283 g/mol. The molecule has 0 fully saturated rings. The van der Waals surface area contributed by atoms with Gasteiger partial charge in [-0.15, -0.1) is 0 Å². The number of carbonyl (C=O) groups is 2. The molecule has 0 bridgehead atoms. The first kappa shape index (κ1) is 15.9. The van der Waals surface area contributed by atoms with E-state index in [1.165, 1.54) is 24.1 Å². The van der Waals surface area contributed by atoms with Gasteiger partial charge < -0.3 is 14.7 Å². The van der Waals surface area contributed by atoms with Crippen molar-refractivity contribution in [2.75, 3.05) is 20.2 Å². The van der Waals surface area contributed by atoms with E-state index in [-0.39, 0.29) is 17.2 Å². The maximum Gasteiger partial charge on any atom is 0.323 e. The molecule has 1 N–H and O–H groups in total. The largest absolute Gasteiger partial charge is 0.494 e. The fourth-order valence-corrected chi connectivity index (χ4v) is 1.81. The molecule has 0 saturated carbocycles. The van der Waals surface area contributed by atoms with E-state index in [4.69, 9.17) is 9.84 Å². The lowest BCUT2D eigenvalue weighted by molar-refractivity contribution is -0.137. The Morgan fingerprint density at radius 1 is 1.40 bits per heavy atom. The summed E-state index contributed by atoms with van der Waals surface area (Å²) in [6.07, 6.45) is 0. The van der Waals surface area contributed by atoms with Crippen molar-refractivity contribution in [3.8, 4) is 5.75 Å². The number of nitrogens with zero attached hydrogens (tertiary/aromatic N) is 1. The number of hydrogen-bond donors (Lipinski definition) is 1. The van der Waals surface area contributed by atoms with Crippen molar-refractivity contribution in [2.45, 2.75) is 13.8 Å². The molecule has 5 nitrogen and oxygen atoms in total. The van der Waals surface area contributed by atoms with E-state index in [0.717, 1.165) is 6.07 Å². The van der Waals surface area contributed by atoms with Crippen LogP contribution in [0.5, 0.6) is 5.75 Å². The first-order chi connectivity index (χ1) is 9.35. The minimum atomic E-state index is -1.10. The quantitative estimate of drug-likeness (QED) is 0.867. The molecule has 0 radical (unpaired) electrons. The Hall–Kier alpha value is -2.11. The Labute approximate surface area is 117 Å². The number of rotatable bonds is 6. The van der Waals surface area contributed by atoms with E-state index in [0.29, 0.717) is 6.54 Å². The van der Waals surface area contributed by atoms with Crippen molar-refractivity contribution in [1.82, 2.24) is 4.90 Å². The molecule has 0 atom stereocenters. The van der Waals surface area contributed by atoms with Crippen LogP contribution in [0, 0.1) is 11.7 Å². The van der Waals surface area contributed by atoms with Gasteiger partial charge in [-0.3, -0.25) is 9.59 Å². The average Bonchev–Trinajstić information content (AvgIpc) is 2.35. The van der Waals surface area contributed by atoms with E-state index >= 15 is 0 Å². The van der Waals surface area contributed by atoms with E-state index in [1.54, 1.807) is 0 Å². The maximum absolute atomic E-state index is 13.6. The molecule has 0 heterocycles. The van der Waals surface area contributed by atoms with Crippen LogP contribution in [0.2, 0.25) is 0 Å². The smallest absolute Gasteiger partial charge is 0.323 e. The lowest BCUT2D eigenvalue weighted by atomic mass is 10.1. The summed E-state index contributed by atoms with van der Waals surface area (Å²) in [5.41, 5.74) is 0.102. The summed E-state index contributed by atoms with van der Waals surface area (Å²) in [6.45, 7) is 3.62. The molecule has 0 aliphatic rings. The molecule has 0 saturated heterocycles. The minimum absolute atomic E-state index is 0.0372. The highest BCUT2D eigenvalue weighted by Gasteiger charge is 2.20. The van der Waals surface area contributed by atoms with Gasteiger partial charge in [-0.05, 0) is 24.1 Å². The highest BCUT2D eigenvalue weighted by Crippen LogP contribution is 2.19. The summed E-state index contributed by atoms with van der Waals surface area (Å²) in [5, 5.41) is 8.84. The van der Waals surface area contributed by atoms with Gasteiger partial charge in [0.05, 0.1) is 7.11 Å². The number of methoxy groups -OCH3 is 1. The lowest BCUT2D eigenvalue weighted by Gasteiger charge is -2.22. The number of hydrogen-bond acceptors (Lipinski definition) is 3. The second kappa shape index (κ2) is 6.88. The fourth-order valence-electron chi connectivity index (χ4n) is 1.81. The van der Waals surface area contributed by atoms with Crippen LogP contribution in [-0.2, 0) is 4.79 Å². The molecule has 1 amide bonds. The van der Waals surface area contributed by atoms with E-state index in [2.05, 4.69) is 0 Å². The Balaban J connectivity index is 2.98. The highest BCUT2D eigenvalue weighted by atomic mass is 19.1. The van der Waals surface area contributed by atoms with Gasteiger partial charge in [0.15, 0.2) is 11.6 Å². The lowest BCUT2D eigenvalue weighted by Crippen LogP contribution is -2.38. The number of aliphatic carboxylic acids is 1. The van der Waals surface area contributed by atoms with Crippen molar-refractivity contribution >= 4 is 11.9 Å². The fraction of sp³-hybridized carbons (Fsp3) is 0.429.